The molecule has 3 rings (SSSR count). The van der Waals surface area contributed by atoms with Gasteiger partial charge in [0, 0.05) is 0 Å². The van der Waals surface area contributed by atoms with Crippen LogP contribution in [0.15, 0.2) is 29.2 Å². The van der Waals surface area contributed by atoms with Gasteiger partial charge in [0.15, 0.2) is 0 Å². The van der Waals surface area contributed by atoms with Gasteiger partial charge in [-0.1, -0.05) is 38.5 Å². The molecule has 1 aromatic carbocycles. The van der Waals surface area contributed by atoms with Gasteiger partial charge in [-0.05, 0) is 48.6 Å². The number of nitrogens with one attached hydrogen (secondary N) is 1. The highest BCUT2D eigenvalue weighted by Crippen LogP contribution is 2.65. The fourth-order valence-corrected chi connectivity index (χ4v) is 5.84. The standard InChI is InChI=1S/C17H25NO3S/c1-11-5-7-12(8-6-11)22(20,21)18-15-14(19)13-9-10-17(15,4)16(13,2)3/h5-8,13-15,18-19H,9-10H2,1-4H3/t13-,14-,15-,17+/m1/s1. The summed E-state index contributed by atoms with van der Waals surface area (Å²) in [5.41, 5.74) is 0.744. The van der Waals surface area contributed by atoms with Crippen LogP contribution < -0.4 is 4.72 Å². The molecule has 2 N–H and O–H groups in total. The van der Waals surface area contributed by atoms with Crippen molar-refractivity contribution < 1.29 is 13.5 Å². The van der Waals surface area contributed by atoms with Crippen LogP contribution in [0.5, 0.6) is 0 Å². The summed E-state index contributed by atoms with van der Waals surface area (Å²) in [6.45, 7) is 8.32. The molecule has 2 bridgehead atoms. The lowest BCUT2D eigenvalue weighted by molar-refractivity contribution is 0.0685. The van der Waals surface area contributed by atoms with E-state index in [0.717, 1.165) is 18.4 Å². The van der Waals surface area contributed by atoms with Crippen LogP contribution in [0, 0.1) is 23.7 Å². The second-order valence-corrected chi connectivity index (χ2v) is 9.40. The van der Waals surface area contributed by atoms with E-state index in [2.05, 4.69) is 25.5 Å². The van der Waals surface area contributed by atoms with Crippen LogP contribution in [0.4, 0.5) is 0 Å². The molecule has 2 saturated carbocycles. The minimum Gasteiger partial charge on any atom is -0.391 e. The zero-order valence-electron chi connectivity index (χ0n) is 13.6. The van der Waals surface area contributed by atoms with Crippen LogP contribution in [-0.4, -0.2) is 25.7 Å². The summed E-state index contributed by atoms with van der Waals surface area (Å²) < 4.78 is 28.1. The average Bonchev–Trinajstić information content (AvgIpc) is 2.73. The zero-order valence-corrected chi connectivity index (χ0v) is 14.4. The van der Waals surface area contributed by atoms with Crippen molar-refractivity contribution in [2.24, 2.45) is 16.7 Å². The number of benzene rings is 1. The third-order valence-electron chi connectivity index (χ3n) is 6.43. The topological polar surface area (TPSA) is 66.4 Å². The molecule has 0 amide bonds. The number of fused-ring (bicyclic) bond motifs is 2. The minimum atomic E-state index is -3.61. The molecule has 2 aliphatic carbocycles. The molecule has 0 aliphatic heterocycles. The van der Waals surface area contributed by atoms with Gasteiger partial charge in [-0.25, -0.2) is 13.1 Å². The number of hydrogen-bond donors (Lipinski definition) is 2. The predicted molar refractivity (Wildman–Crippen MR) is 85.9 cm³/mol. The third kappa shape index (κ3) is 2.06. The first kappa shape index (κ1) is 16.0. The summed E-state index contributed by atoms with van der Waals surface area (Å²) in [6.07, 6.45) is 1.30. The molecule has 1 aromatic rings. The summed E-state index contributed by atoms with van der Waals surface area (Å²) in [5.74, 6) is 0.156. The van der Waals surface area contributed by atoms with Crippen molar-refractivity contribution in [3.8, 4) is 0 Å². The number of rotatable bonds is 3. The fraction of sp³-hybridized carbons (Fsp3) is 0.647. The number of aryl methyl sites for hydroxylation is 1. The lowest BCUT2D eigenvalue weighted by Crippen LogP contribution is -2.51. The summed E-state index contributed by atoms with van der Waals surface area (Å²) in [7, 11) is -3.61. The first-order chi connectivity index (χ1) is 10.1. The highest BCUT2D eigenvalue weighted by Gasteiger charge is 2.66. The van der Waals surface area contributed by atoms with E-state index < -0.39 is 22.2 Å². The van der Waals surface area contributed by atoms with Gasteiger partial charge in [0.25, 0.3) is 0 Å². The van der Waals surface area contributed by atoms with E-state index in [-0.39, 0.29) is 21.6 Å². The molecule has 0 unspecified atom stereocenters. The van der Waals surface area contributed by atoms with Crippen molar-refractivity contribution in [1.82, 2.24) is 4.72 Å². The Balaban J connectivity index is 1.92. The molecule has 2 aliphatic rings. The van der Waals surface area contributed by atoms with Gasteiger partial charge in [0.1, 0.15) is 0 Å². The Kier molecular flexibility index (Phi) is 3.48. The monoisotopic (exact) mass is 323 g/mol. The molecule has 2 fully saturated rings. The number of sulfonamides is 1. The van der Waals surface area contributed by atoms with Crippen LogP contribution >= 0.6 is 0 Å². The van der Waals surface area contributed by atoms with Crippen molar-refractivity contribution in [2.75, 3.05) is 0 Å². The van der Waals surface area contributed by atoms with Gasteiger partial charge in [-0.2, -0.15) is 0 Å². The van der Waals surface area contributed by atoms with Crippen LogP contribution in [-0.2, 0) is 10.0 Å². The Labute approximate surface area is 133 Å². The lowest BCUT2D eigenvalue weighted by atomic mass is 9.69. The van der Waals surface area contributed by atoms with Crippen molar-refractivity contribution in [2.45, 2.75) is 57.6 Å². The second-order valence-electron chi connectivity index (χ2n) is 7.69. The maximum absolute atomic E-state index is 12.7. The van der Waals surface area contributed by atoms with E-state index in [9.17, 15) is 13.5 Å². The van der Waals surface area contributed by atoms with E-state index in [1.54, 1.807) is 24.3 Å². The largest absolute Gasteiger partial charge is 0.391 e. The van der Waals surface area contributed by atoms with E-state index in [1.807, 2.05) is 6.92 Å². The smallest absolute Gasteiger partial charge is 0.240 e. The van der Waals surface area contributed by atoms with E-state index in [4.69, 9.17) is 0 Å². The Morgan fingerprint density at radius 2 is 1.77 bits per heavy atom. The van der Waals surface area contributed by atoms with Gasteiger partial charge < -0.3 is 5.11 Å². The second kappa shape index (κ2) is 4.79. The van der Waals surface area contributed by atoms with Gasteiger partial charge in [-0.15, -0.1) is 0 Å². The summed E-state index contributed by atoms with van der Waals surface area (Å²) in [5, 5.41) is 10.6. The quantitative estimate of drug-likeness (QED) is 0.898. The van der Waals surface area contributed by atoms with Crippen molar-refractivity contribution in [3.05, 3.63) is 29.8 Å². The van der Waals surface area contributed by atoms with Crippen molar-refractivity contribution >= 4 is 10.0 Å². The van der Waals surface area contributed by atoms with E-state index in [0.29, 0.717) is 0 Å². The Hall–Kier alpha value is -0.910. The van der Waals surface area contributed by atoms with Crippen LogP contribution in [0.2, 0.25) is 0 Å². The molecule has 0 heterocycles. The molecule has 0 radical (unpaired) electrons. The normalized spacial score (nSPS) is 36.7. The van der Waals surface area contributed by atoms with Crippen LogP contribution in [0.25, 0.3) is 0 Å². The average molecular weight is 323 g/mol. The molecular formula is C17H25NO3S. The molecule has 0 spiro atoms. The first-order valence-corrected chi connectivity index (χ1v) is 9.35. The zero-order chi connectivity index (χ0) is 16.3. The Morgan fingerprint density at radius 3 is 2.27 bits per heavy atom. The molecule has 0 saturated heterocycles. The molecular weight excluding hydrogens is 298 g/mol. The Morgan fingerprint density at radius 1 is 1.18 bits per heavy atom. The molecule has 4 atom stereocenters. The van der Waals surface area contributed by atoms with Gasteiger partial charge >= 0.3 is 0 Å². The number of aliphatic hydroxyl groups is 1. The Bertz CT molecular complexity index is 680. The summed E-state index contributed by atoms with van der Waals surface area (Å²) in [4.78, 5) is 0.259. The molecule has 0 aromatic heterocycles. The molecule has 122 valence electrons. The maximum atomic E-state index is 12.7. The summed E-state index contributed by atoms with van der Waals surface area (Å²) in [6, 6.07) is 6.39. The highest BCUT2D eigenvalue weighted by atomic mass is 32.2. The number of hydrogen-bond acceptors (Lipinski definition) is 3. The van der Waals surface area contributed by atoms with E-state index >= 15 is 0 Å². The van der Waals surface area contributed by atoms with Gasteiger partial charge in [0.2, 0.25) is 10.0 Å². The fourth-order valence-electron chi connectivity index (χ4n) is 4.48. The minimum absolute atomic E-state index is 0.0626. The molecule has 5 heteroatoms. The highest BCUT2D eigenvalue weighted by molar-refractivity contribution is 7.89. The van der Waals surface area contributed by atoms with Crippen molar-refractivity contribution in [3.63, 3.8) is 0 Å². The van der Waals surface area contributed by atoms with Crippen LogP contribution in [0.3, 0.4) is 0 Å². The first-order valence-electron chi connectivity index (χ1n) is 7.87. The van der Waals surface area contributed by atoms with Gasteiger partial charge in [-0.3, -0.25) is 0 Å². The van der Waals surface area contributed by atoms with Crippen molar-refractivity contribution in [1.29, 1.82) is 0 Å². The third-order valence-corrected chi connectivity index (χ3v) is 7.88. The maximum Gasteiger partial charge on any atom is 0.240 e. The molecule has 4 nitrogen and oxygen atoms in total. The lowest BCUT2D eigenvalue weighted by Gasteiger charge is -2.39. The van der Waals surface area contributed by atoms with Gasteiger partial charge in [0.05, 0.1) is 17.0 Å². The predicted octanol–water partition coefficient (Wildman–Crippen LogP) is 2.46. The van der Waals surface area contributed by atoms with Crippen LogP contribution in [0.1, 0.15) is 39.2 Å². The molecule has 22 heavy (non-hydrogen) atoms. The summed E-state index contributed by atoms with van der Waals surface area (Å²) >= 11 is 0. The number of aliphatic hydroxyl groups excluding tert-OH is 1. The van der Waals surface area contributed by atoms with E-state index in [1.165, 1.54) is 0 Å². The SMILES string of the molecule is Cc1ccc(S(=O)(=O)N[C@@H]2[C@H](O)[C@H]3CC[C@]2(C)C3(C)C)cc1.